The van der Waals surface area contributed by atoms with Crippen LogP contribution in [0.1, 0.15) is 88.1 Å². The third kappa shape index (κ3) is 22.0. The maximum absolute atomic E-state index is 15.5. The summed E-state index contributed by atoms with van der Waals surface area (Å²) in [5.41, 5.74) is 18.9. The summed E-state index contributed by atoms with van der Waals surface area (Å²) >= 11 is 0. The summed E-state index contributed by atoms with van der Waals surface area (Å²) in [6, 6.07) is 16.1. The Balaban J connectivity index is 1.11. The number of para-hydroxylation sites is 1. The molecule has 552 valence electrons. The topological polar surface area (TPSA) is 512 Å². The maximum Gasteiger partial charge on any atom is 0.303 e. The van der Waals surface area contributed by atoms with Crippen molar-refractivity contribution in [1.29, 1.82) is 0 Å². The first-order valence-electron chi connectivity index (χ1n) is 34.1. The number of nitrogens with zero attached hydrogens (tertiary/aromatic N) is 3. The van der Waals surface area contributed by atoms with Gasteiger partial charge in [-0.2, -0.15) is 0 Å². The zero-order valence-electron chi connectivity index (χ0n) is 57.7. The Bertz CT molecular complexity index is 4220. The number of carboxylic acids is 1. The lowest BCUT2D eigenvalue weighted by Crippen LogP contribution is -2.62. The van der Waals surface area contributed by atoms with Crippen LogP contribution in [0, 0.1) is 5.92 Å². The molecule has 0 spiro atoms. The molecule has 1 saturated heterocycles. The summed E-state index contributed by atoms with van der Waals surface area (Å²) < 4.78 is 0. The Morgan fingerprint density at radius 3 is 1.73 bits per heavy atom. The van der Waals surface area contributed by atoms with E-state index in [1.807, 2.05) is 54.6 Å². The van der Waals surface area contributed by atoms with Gasteiger partial charge in [0.2, 0.25) is 65.0 Å². The number of primary amides is 1. The summed E-state index contributed by atoms with van der Waals surface area (Å²) in [5.74, 6) is -11.3. The first-order valence-corrected chi connectivity index (χ1v) is 34.1. The molecule has 0 radical (unpaired) electrons. The number of nitrogens with one attached hydrogen (secondary N) is 11. The van der Waals surface area contributed by atoms with Crippen LogP contribution in [0.3, 0.4) is 0 Å². The number of aliphatic hydroxyl groups excluding tert-OH is 1. The van der Waals surface area contributed by atoms with E-state index >= 15 is 9.59 Å². The number of aliphatic hydroxyl groups is 1. The molecule has 0 saturated carbocycles. The number of aromatic amines is 2. The van der Waals surface area contributed by atoms with Crippen molar-refractivity contribution in [3.8, 4) is 5.75 Å². The van der Waals surface area contributed by atoms with Crippen molar-refractivity contribution in [2.45, 2.75) is 146 Å². The average Bonchev–Trinajstić information content (AvgIpc) is 0.990. The number of phenolic OH excluding ortho intramolecular Hbond substituents is 1. The summed E-state index contributed by atoms with van der Waals surface area (Å²) in [6.45, 7) is 3.34. The third-order valence-corrected chi connectivity index (χ3v) is 17.6. The predicted octanol–water partition coefficient (Wildman–Crippen LogP) is -0.379. The van der Waals surface area contributed by atoms with Crippen LogP contribution in [0.5, 0.6) is 5.75 Å². The third-order valence-electron chi connectivity index (χ3n) is 17.6. The first-order chi connectivity index (χ1) is 49.7. The number of aliphatic carboxylic acids is 1. The van der Waals surface area contributed by atoms with E-state index in [9.17, 15) is 63.3 Å². The van der Waals surface area contributed by atoms with Gasteiger partial charge in [0.15, 0.2) is 5.96 Å². The number of likely N-dealkylation sites (tertiary alicyclic amines) is 1. The number of amides is 11. The molecule has 20 N–H and O–H groups in total. The summed E-state index contributed by atoms with van der Waals surface area (Å²) in [4.78, 5) is 183. The van der Waals surface area contributed by atoms with Gasteiger partial charge in [-0.1, -0.05) is 92.7 Å². The van der Waals surface area contributed by atoms with Crippen LogP contribution in [0.4, 0.5) is 0 Å². The number of benzene rings is 5. The van der Waals surface area contributed by atoms with Crippen LogP contribution in [0.15, 0.2) is 127 Å². The van der Waals surface area contributed by atoms with E-state index in [1.54, 1.807) is 44.3 Å². The fraction of sp³-hybridized carbons (Fsp3) is 0.389. The Kier molecular flexibility index (Phi) is 27.7. The fourth-order valence-electron chi connectivity index (χ4n) is 12.5. The van der Waals surface area contributed by atoms with Crippen LogP contribution in [0.25, 0.3) is 32.4 Å². The van der Waals surface area contributed by atoms with E-state index in [1.165, 1.54) is 41.7 Å². The van der Waals surface area contributed by atoms with Crippen molar-refractivity contribution in [3.05, 3.63) is 144 Å². The first kappa shape index (κ1) is 77.8. The number of aliphatic imine (C=N–C) groups is 1. The highest BCUT2D eigenvalue weighted by molar-refractivity contribution is 6.04. The van der Waals surface area contributed by atoms with Crippen molar-refractivity contribution in [2.24, 2.45) is 28.1 Å². The lowest BCUT2D eigenvalue weighted by Gasteiger charge is -2.31. The van der Waals surface area contributed by atoms with Crippen molar-refractivity contribution in [2.75, 3.05) is 26.2 Å². The van der Waals surface area contributed by atoms with Crippen LogP contribution in [-0.2, 0) is 83.2 Å². The van der Waals surface area contributed by atoms with Gasteiger partial charge in [0.05, 0.1) is 25.2 Å². The molecule has 1 aliphatic rings. The van der Waals surface area contributed by atoms with Gasteiger partial charge in [0.1, 0.15) is 60.1 Å². The highest BCUT2D eigenvalue weighted by atomic mass is 16.4. The average molecular weight is 1430 g/mol. The Morgan fingerprint density at radius 1 is 0.615 bits per heavy atom. The molecule has 32 nitrogen and oxygen atoms in total. The lowest BCUT2D eigenvalue weighted by atomic mass is 9.92. The number of fused-ring (bicyclic) bond motifs is 3. The minimum Gasteiger partial charge on any atom is -0.508 e. The predicted molar refractivity (Wildman–Crippen MR) is 383 cm³/mol. The minimum absolute atomic E-state index is 0.00885. The molecule has 9 atom stereocenters. The Labute approximate surface area is 597 Å². The van der Waals surface area contributed by atoms with Crippen LogP contribution in [0.2, 0.25) is 0 Å². The molecule has 104 heavy (non-hydrogen) atoms. The second-order valence-corrected chi connectivity index (χ2v) is 25.9. The number of imidazole rings is 1. The van der Waals surface area contributed by atoms with Gasteiger partial charge in [-0.05, 0) is 107 Å². The van der Waals surface area contributed by atoms with E-state index in [-0.39, 0.29) is 94.2 Å². The highest BCUT2D eigenvalue weighted by Gasteiger charge is 2.40. The van der Waals surface area contributed by atoms with Gasteiger partial charge in [-0.3, -0.25) is 62.5 Å². The summed E-state index contributed by atoms with van der Waals surface area (Å²) in [5, 5.41) is 58.2. The number of hydrogen-bond donors (Lipinski definition) is 17. The smallest absolute Gasteiger partial charge is 0.303 e. The van der Waals surface area contributed by atoms with Gasteiger partial charge in [-0.25, -0.2) is 4.98 Å². The number of carbonyl (C=O) groups excluding carboxylic acids is 11. The van der Waals surface area contributed by atoms with Crippen molar-refractivity contribution >= 4 is 109 Å². The van der Waals surface area contributed by atoms with Gasteiger partial charge in [0.25, 0.3) is 0 Å². The van der Waals surface area contributed by atoms with E-state index < -0.39 is 145 Å². The Hall–Kier alpha value is -12.0. The second-order valence-electron chi connectivity index (χ2n) is 25.9. The molecular formula is C72H89N17O15. The quantitative estimate of drug-likeness (QED) is 0.0102. The van der Waals surface area contributed by atoms with E-state index in [0.29, 0.717) is 44.8 Å². The fourth-order valence-corrected chi connectivity index (χ4v) is 12.5. The molecule has 0 bridgehead atoms. The monoisotopic (exact) mass is 1430 g/mol. The zero-order valence-corrected chi connectivity index (χ0v) is 57.7. The van der Waals surface area contributed by atoms with Gasteiger partial charge >= 0.3 is 5.97 Å². The van der Waals surface area contributed by atoms with Crippen LogP contribution >= 0.6 is 0 Å². The molecular weight excluding hydrogens is 1340 g/mol. The molecule has 5 aromatic carbocycles. The molecule has 11 amide bonds. The van der Waals surface area contributed by atoms with E-state index in [2.05, 4.69) is 67.8 Å². The number of phenols is 1. The zero-order chi connectivity index (χ0) is 75.1. The standard InChI is InChI=1S/C72H89N17O15/c1-39(2)28-54(64(97)82-53(18-10-26-77-72(74)75)71(104)89-27-11-19-60(89)70(103)79-36-61(73)93)83-68(101)58(33-50-47-14-6-4-12-42(47)30-43-13-5-7-15-48(43)50)87-65(98)55(29-41-20-22-46(92)23-21-41)84-69(102)59(37-90)88-66(99)56(31-44-34-78-51-17-9-8-16-49(44)51)85-67(100)57(32-45-35-76-38-80-45)86-63(96)52(81-40(3)91)24-25-62(94)95/h4-9,12-17,20-23,30,34-35,38-39,52-60,78,90,92H,10-11,18-19,24-29,31-33,36-37H2,1-3H3,(H2,73,93)(H,76,80)(H,79,103)(H,81,91)(H,82,97)(H,83,101)(H,84,102)(H,85,100)(H,86,96)(H,87,98)(H,88,99)(H,94,95)(H4,74,75,77)/t52-,53-,54-,55-,56-,57-,58+,59-,60-/m0/s1. The summed E-state index contributed by atoms with van der Waals surface area (Å²) in [7, 11) is 0. The lowest BCUT2D eigenvalue weighted by molar-refractivity contribution is -0.142. The van der Waals surface area contributed by atoms with Crippen LogP contribution in [-0.4, -0.2) is 193 Å². The molecule has 1 aliphatic heterocycles. The van der Waals surface area contributed by atoms with E-state index in [4.69, 9.17) is 17.2 Å². The Morgan fingerprint density at radius 2 is 1.15 bits per heavy atom. The minimum atomic E-state index is -1.87. The molecule has 3 heterocycles. The number of rotatable bonds is 37. The number of aromatic nitrogens is 3. The van der Waals surface area contributed by atoms with Gasteiger partial charge < -0.3 is 95.2 Å². The molecule has 0 aliphatic carbocycles. The van der Waals surface area contributed by atoms with Crippen molar-refractivity contribution in [1.82, 2.24) is 67.7 Å². The largest absolute Gasteiger partial charge is 0.508 e. The second kappa shape index (κ2) is 37.1. The molecule has 32 heteroatoms. The number of H-pyrrole nitrogens is 2. The molecule has 1 fully saturated rings. The number of hydrogen-bond acceptors (Lipinski definition) is 16. The maximum atomic E-state index is 15.5. The normalized spacial score (nSPS) is 15.0. The van der Waals surface area contributed by atoms with E-state index in [0.717, 1.165) is 17.7 Å². The number of nitrogens with two attached hydrogens (primary N) is 3. The van der Waals surface area contributed by atoms with Crippen LogP contribution < -0.4 is 65.1 Å². The number of carbonyl (C=O) groups is 12. The van der Waals surface area contributed by atoms with Crippen molar-refractivity contribution < 1.29 is 72.9 Å². The SMILES string of the molecule is CC(=O)N[C@@H](CCC(=O)O)C(=O)N[C@@H](Cc1c[nH]cn1)C(=O)N[C@@H](Cc1c[nH]c2ccccc12)C(=O)N[C@@H](CO)C(=O)N[C@@H](Cc1ccc(O)cc1)C(=O)N[C@H](Cc1c2ccccc2cc2ccccc12)C(=O)N[C@@H](CC(C)C)C(=O)N[C@@H](CCCN=C(N)N)C(=O)N1CCC[C@H]1C(=O)NCC(N)=O. The molecule has 2 aromatic heterocycles. The number of aromatic hydroxyl groups is 1. The number of carboxylic acid groups (broad SMARTS) is 1. The van der Waals surface area contributed by atoms with Gasteiger partial charge in [-0.15, -0.1) is 0 Å². The molecule has 8 rings (SSSR count). The molecule has 0 unspecified atom stereocenters. The number of guanidine groups is 1. The van der Waals surface area contributed by atoms with Gasteiger partial charge in [0, 0.05) is 75.4 Å². The molecule has 7 aromatic rings. The highest BCUT2D eigenvalue weighted by Crippen LogP contribution is 2.30. The van der Waals surface area contributed by atoms with Crippen molar-refractivity contribution in [3.63, 3.8) is 0 Å². The summed E-state index contributed by atoms with van der Waals surface area (Å²) in [6.07, 6.45) is 3.17.